The molecule has 0 bridgehead atoms. The fourth-order valence-electron chi connectivity index (χ4n) is 4.08. The predicted molar refractivity (Wildman–Crippen MR) is 82.4 cm³/mol. The number of carboxylic acid groups (broad SMARTS) is 1. The number of aliphatic carboxylic acids is 1. The van der Waals surface area contributed by atoms with Gasteiger partial charge in [-0.15, -0.1) is 0 Å². The van der Waals surface area contributed by atoms with E-state index in [1.807, 2.05) is 0 Å². The van der Waals surface area contributed by atoms with Crippen LogP contribution < -0.4 is 5.32 Å². The summed E-state index contributed by atoms with van der Waals surface area (Å²) in [6.07, 6.45) is 6.04. The molecule has 0 aromatic rings. The van der Waals surface area contributed by atoms with Crippen molar-refractivity contribution in [1.82, 2.24) is 15.1 Å². The molecule has 0 amide bonds. The zero-order valence-electron chi connectivity index (χ0n) is 13.3. The Kier molecular flexibility index (Phi) is 4.26. The van der Waals surface area contributed by atoms with Gasteiger partial charge in [-0.05, 0) is 45.6 Å². The largest absolute Gasteiger partial charge is 0.480 e. The van der Waals surface area contributed by atoms with E-state index in [1.165, 1.54) is 6.42 Å². The summed E-state index contributed by atoms with van der Waals surface area (Å²) >= 11 is 0. The molecule has 0 spiro atoms. The summed E-state index contributed by atoms with van der Waals surface area (Å²) in [6, 6.07) is 1.51. The molecule has 0 aromatic carbocycles. The minimum absolute atomic E-state index is 0.440. The maximum Gasteiger partial charge on any atom is 0.323 e. The van der Waals surface area contributed by atoms with Gasteiger partial charge in [0.25, 0.3) is 0 Å². The number of nitrogens with zero attached hydrogens (tertiary/aromatic N) is 2. The monoisotopic (exact) mass is 295 g/mol. The first-order chi connectivity index (χ1) is 10.0. The number of carbonyl (C=O) groups is 1. The summed E-state index contributed by atoms with van der Waals surface area (Å²) in [6.45, 7) is 5.52. The number of piperazine rings is 1. The average Bonchev–Trinajstić information content (AvgIpc) is 3.16. The van der Waals surface area contributed by atoms with Gasteiger partial charge in [-0.1, -0.05) is 6.92 Å². The molecule has 120 valence electrons. The quantitative estimate of drug-likeness (QED) is 0.796. The van der Waals surface area contributed by atoms with Crippen molar-refractivity contribution in [1.29, 1.82) is 0 Å². The smallest absolute Gasteiger partial charge is 0.323 e. The van der Waals surface area contributed by atoms with E-state index in [-0.39, 0.29) is 0 Å². The summed E-state index contributed by atoms with van der Waals surface area (Å²) in [4.78, 5) is 16.8. The van der Waals surface area contributed by atoms with Crippen LogP contribution in [0.15, 0.2) is 0 Å². The first-order valence-electron chi connectivity index (χ1n) is 8.49. The Labute approximate surface area is 127 Å². The lowest BCUT2D eigenvalue weighted by molar-refractivity contribution is -0.145. The first kappa shape index (κ1) is 15.3. The molecule has 0 aromatic heterocycles. The molecule has 3 rings (SSSR count). The van der Waals surface area contributed by atoms with E-state index in [0.717, 1.165) is 51.7 Å². The lowest BCUT2D eigenvalue weighted by Gasteiger charge is -2.42. The molecular weight excluding hydrogens is 266 g/mol. The van der Waals surface area contributed by atoms with Gasteiger partial charge in [0.15, 0.2) is 0 Å². The van der Waals surface area contributed by atoms with Gasteiger partial charge in [0, 0.05) is 37.8 Å². The van der Waals surface area contributed by atoms with Crippen LogP contribution in [0.2, 0.25) is 0 Å². The Morgan fingerprint density at radius 1 is 1.33 bits per heavy atom. The van der Waals surface area contributed by atoms with Gasteiger partial charge in [0.2, 0.25) is 0 Å². The predicted octanol–water partition coefficient (Wildman–Crippen LogP) is 1.14. The van der Waals surface area contributed by atoms with Crippen molar-refractivity contribution in [2.24, 2.45) is 0 Å². The molecule has 1 saturated heterocycles. The van der Waals surface area contributed by atoms with Gasteiger partial charge in [-0.25, -0.2) is 0 Å². The molecule has 2 N–H and O–H groups in total. The number of rotatable bonds is 5. The molecular formula is C16H29N3O2. The Balaban J connectivity index is 1.63. The van der Waals surface area contributed by atoms with E-state index in [2.05, 4.69) is 29.1 Å². The molecule has 3 unspecified atom stereocenters. The van der Waals surface area contributed by atoms with Gasteiger partial charge in [-0.2, -0.15) is 0 Å². The Morgan fingerprint density at radius 3 is 2.71 bits per heavy atom. The lowest BCUT2D eigenvalue weighted by Crippen LogP contribution is -2.56. The van der Waals surface area contributed by atoms with Gasteiger partial charge < -0.3 is 10.0 Å². The Bertz CT molecular complexity index is 399. The number of likely N-dealkylation sites (N-methyl/N-ethyl adjacent to an activating group) is 1. The average molecular weight is 295 g/mol. The molecule has 2 aliphatic carbocycles. The van der Waals surface area contributed by atoms with Gasteiger partial charge in [0.1, 0.15) is 5.54 Å². The van der Waals surface area contributed by atoms with Crippen molar-refractivity contribution in [2.45, 2.75) is 69.1 Å². The second-order valence-electron chi connectivity index (χ2n) is 7.24. The molecule has 5 nitrogen and oxygen atoms in total. The third-order valence-corrected chi connectivity index (χ3v) is 5.75. The highest BCUT2D eigenvalue weighted by Gasteiger charge is 2.49. The van der Waals surface area contributed by atoms with Crippen molar-refractivity contribution in [2.75, 3.05) is 26.7 Å². The summed E-state index contributed by atoms with van der Waals surface area (Å²) < 4.78 is 0. The minimum atomic E-state index is -0.656. The third-order valence-electron chi connectivity index (χ3n) is 5.75. The Morgan fingerprint density at radius 2 is 2.10 bits per heavy atom. The molecule has 3 fully saturated rings. The van der Waals surface area contributed by atoms with Gasteiger partial charge in [0.05, 0.1) is 0 Å². The van der Waals surface area contributed by atoms with Crippen LogP contribution in [0.3, 0.4) is 0 Å². The van der Waals surface area contributed by atoms with Crippen molar-refractivity contribution < 1.29 is 9.90 Å². The number of nitrogens with one attached hydrogen (secondary N) is 1. The maximum absolute atomic E-state index is 11.8. The van der Waals surface area contributed by atoms with Crippen LogP contribution in [0.25, 0.3) is 0 Å². The van der Waals surface area contributed by atoms with Gasteiger partial charge in [-0.3, -0.25) is 15.0 Å². The van der Waals surface area contributed by atoms with Crippen molar-refractivity contribution in [3.63, 3.8) is 0 Å². The topological polar surface area (TPSA) is 55.8 Å². The van der Waals surface area contributed by atoms with E-state index in [9.17, 15) is 9.90 Å². The number of hydrogen-bond donors (Lipinski definition) is 2. The molecule has 5 heteroatoms. The van der Waals surface area contributed by atoms with E-state index in [1.54, 1.807) is 0 Å². The third kappa shape index (κ3) is 3.10. The number of hydrogen-bond acceptors (Lipinski definition) is 4. The van der Waals surface area contributed by atoms with Crippen LogP contribution in [0.5, 0.6) is 0 Å². The second kappa shape index (κ2) is 5.86. The fraction of sp³-hybridized carbons (Fsp3) is 0.938. The standard InChI is InChI=1S/C16H29N3O2/c1-3-13-11-19(9-8-18(13)2)14-6-7-16(10-14,15(20)21)17-12-4-5-12/h12-14,17H,3-11H2,1-2H3,(H,20,21). The van der Waals surface area contributed by atoms with Crippen LogP contribution in [-0.4, -0.2) is 71.2 Å². The minimum Gasteiger partial charge on any atom is -0.480 e. The molecule has 3 aliphatic rings. The highest BCUT2D eigenvalue weighted by molar-refractivity contribution is 5.79. The molecule has 2 saturated carbocycles. The fourth-order valence-corrected chi connectivity index (χ4v) is 4.08. The molecule has 21 heavy (non-hydrogen) atoms. The highest BCUT2D eigenvalue weighted by Crippen LogP contribution is 2.37. The highest BCUT2D eigenvalue weighted by atomic mass is 16.4. The normalized spacial score (nSPS) is 38.8. The van der Waals surface area contributed by atoms with E-state index in [0.29, 0.717) is 18.1 Å². The summed E-state index contributed by atoms with van der Waals surface area (Å²) in [5.74, 6) is -0.641. The van der Waals surface area contributed by atoms with Gasteiger partial charge >= 0.3 is 5.97 Å². The molecule has 1 aliphatic heterocycles. The molecule has 0 radical (unpaired) electrons. The van der Waals surface area contributed by atoms with Crippen LogP contribution in [0.4, 0.5) is 0 Å². The first-order valence-corrected chi connectivity index (χ1v) is 8.49. The summed E-state index contributed by atoms with van der Waals surface area (Å²) in [7, 11) is 2.20. The summed E-state index contributed by atoms with van der Waals surface area (Å²) in [5, 5.41) is 13.1. The second-order valence-corrected chi connectivity index (χ2v) is 7.24. The van der Waals surface area contributed by atoms with Crippen LogP contribution in [0.1, 0.15) is 45.4 Å². The van der Waals surface area contributed by atoms with E-state index in [4.69, 9.17) is 0 Å². The maximum atomic E-state index is 11.8. The SMILES string of the molecule is CCC1CN(C2CCC(NC3CC3)(C(=O)O)C2)CCN1C. The van der Waals surface area contributed by atoms with Crippen LogP contribution in [-0.2, 0) is 4.79 Å². The van der Waals surface area contributed by atoms with Crippen LogP contribution in [0, 0.1) is 0 Å². The summed E-state index contributed by atoms with van der Waals surface area (Å²) in [5.41, 5.74) is -0.656. The van der Waals surface area contributed by atoms with E-state index >= 15 is 0 Å². The van der Waals surface area contributed by atoms with Crippen LogP contribution >= 0.6 is 0 Å². The molecule has 3 atom stereocenters. The van der Waals surface area contributed by atoms with Crippen molar-refractivity contribution in [3.05, 3.63) is 0 Å². The number of carboxylic acids is 1. The van der Waals surface area contributed by atoms with Crippen molar-refractivity contribution >= 4 is 5.97 Å². The zero-order chi connectivity index (χ0) is 15.0. The van der Waals surface area contributed by atoms with Crippen molar-refractivity contribution in [3.8, 4) is 0 Å². The molecule has 1 heterocycles. The zero-order valence-corrected chi connectivity index (χ0v) is 13.3. The lowest BCUT2D eigenvalue weighted by atomic mass is 9.96. The van der Waals surface area contributed by atoms with E-state index < -0.39 is 11.5 Å². The Hall–Kier alpha value is -0.650.